The van der Waals surface area contributed by atoms with Gasteiger partial charge in [0.15, 0.2) is 11.6 Å². The van der Waals surface area contributed by atoms with Crippen LogP contribution in [0.15, 0.2) is 85.1 Å². The van der Waals surface area contributed by atoms with Gasteiger partial charge < -0.3 is 14.4 Å². The molecule has 40 heavy (non-hydrogen) atoms. The summed E-state index contributed by atoms with van der Waals surface area (Å²) in [6.07, 6.45) is 5.09. The summed E-state index contributed by atoms with van der Waals surface area (Å²) in [5.41, 5.74) is 1.61. The van der Waals surface area contributed by atoms with Gasteiger partial charge in [0.1, 0.15) is 17.2 Å². The number of benzene rings is 3. The predicted molar refractivity (Wildman–Crippen MR) is 151 cm³/mol. The van der Waals surface area contributed by atoms with Crippen LogP contribution in [0.4, 0.5) is 4.79 Å². The van der Waals surface area contributed by atoms with Crippen LogP contribution in [-0.4, -0.2) is 40.6 Å². The highest BCUT2D eigenvalue weighted by atomic mass is 16.6. The Morgan fingerprint density at radius 2 is 1.43 bits per heavy atom. The molecule has 0 radical (unpaired) electrons. The Labute approximate surface area is 232 Å². The molecule has 2 aliphatic rings. The molecule has 0 N–H and O–H groups in total. The third-order valence-corrected chi connectivity index (χ3v) is 7.78. The molecule has 2 fully saturated rings. The zero-order valence-corrected chi connectivity index (χ0v) is 22.2. The molecule has 7 heteroatoms. The minimum atomic E-state index is -0.831. The van der Waals surface area contributed by atoms with Crippen molar-refractivity contribution < 1.29 is 23.9 Å². The highest BCUT2D eigenvalue weighted by molar-refractivity contribution is 6.10. The standard InChI is InChI=1S/C33H30N2O5/c36-30(20-23-6-2-1-3-7-23)33(15-16-33)31(37)21-24-8-10-25(11-9-24)39-29-14-17-34-28-22-26(12-13-27(28)29)40-32(38)35-18-4-5-19-35/h1-3,6-14,17,22H,4-5,15-16,18-21H2. The van der Waals surface area contributed by atoms with Crippen LogP contribution in [0.1, 0.15) is 36.8 Å². The quantitative estimate of drug-likeness (QED) is 0.234. The first-order chi connectivity index (χ1) is 19.5. The van der Waals surface area contributed by atoms with E-state index in [1.54, 1.807) is 29.3 Å². The van der Waals surface area contributed by atoms with Crippen LogP contribution in [0.5, 0.6) is 17.2 Å². The van der Waals surface area contributed by atoms with Crippen molar-refractivity contribution in [1.29, 1.82) is 0 Å². The number of rotatable bonds is 9. The summed E-state index contributed by atoms with van der Waals surface area (Å²) in [5, 5.41) is 0.787. The van der Waals surface area contributed by atoms with Crippen molar-refractivity contribution in [2.45, 2.75) is 38.5 Å². The molecule has 7 nitrogen and oxygen atoms in total. The van der Waals surface area contributed by atoms with Gasteiger partial charge in [-0.1, -0.05) is 42.5 Å². The Hall–Kier alpha value is -4.52. The topological polar surface area (TPSA) is 85.8 Å². The Kier molecular flexibility index (Phi) is 7.03. The average Bonchev–Trinajstić information content (AvgIpc) is 3.61. The fourth-order valence-electron chi connectivity index (χ4n) is 5.26. The van der Waals surface area contributed by atoms with Gasteiger partial charge in [0.2, 0.25) is 0 Å². The molecule has 1 amide bonds. The van der Waals surface area contributed by atoms with Gasteiger partial charge in [0, 0.05) is 43.6 Å². The first-order valence-corrected chi connectivity index (χ1v) is 13.7. The van der Waals surface area contributed by atoms with Crippen molar-refractivity contribution in [2.24, 2.45) is 5.41 Å². The molecule has 1 aliphatic carbocycles. The van der Waals surface area contributed by atoms with E-state index < -0.39 is 5.41 Å². The van der Waals surface area contributed by atoms with E-state index in [1.165, 1.54) is 0 Å². The number of hydrogen-bond acceptors (Lipinski definition) is 6. The molecule has 0 spiro atoms. The highest BCUT2D eigenvalue weighted by Gasteiger charge is 2.54. The normalized spacial score (nSPS) is 15.6. The Bertz CT molecular complexity index is 1560. The summed E-state index contributed by atoms with van der Waals surface area (Å²) in [6.45, 7) is 1.45. The van der Waals surface area contributed by atoms with Crippen LogP contribution in [0.2, 0.25) is 0 Å². The molecule has 202 valence electrons. The zero-order valence-electron chi connectivity index (χ0n) is 22.2. The molecule has 3 aromatic carbocycles. The van der Waals surface area contributed by atoms with E-state index in [2.05, 4.69) is 4.98 Å². The summed E-state index contributed by atoms with van der Waals surface area (Å²) in [6, 6.07) is 24.1. The van der Waals surface area contributed by atoms with Gasteiger partial charge in [0.05, 0.1) is 10.9 Å². The number of ketones is 2. The molecule has 4 aromatic rings. The second kappa shape index (κ2) is 10.9. The van der Waals surface area contributed by atoms with E-state index in [0.29, 0.717) is 42.0 Å². The van der Waals surface area contributed by atoms with Crippen molar-refractivity contribution >= 4 is 28.6 Å². The minimum absolute atomic E-state index is 0.0107. The number of fused-ring (bicyclic) bond motifs is 1. The Balaban J connectivity index is 1.10. The van der Waals surface area contributed by atoms with Gasteiger partial charge in [-0.2, -0.15) is 0 Å². The number of ether oxygens (including phenoxy) is 2. The third kappa shape index (κ3) is 5.45. The van der Waals surface area contributed by atoms with Crippen molar-refractivity contribution in [3.8, 4) is 17.2 Å². The molecule has 2 heterocycles. The van der Waals surface area contributed by atoms with Crippen LogP contribution in [0.3, 0.4) is 0 Å². The third-order valence-electron chi connectivity index (χ3n) is 7.78. The minimum Gasteiger partial charge on any atom is -0.457 e. The lowest BCUT2D eigenvalue weighted by atomic mass is 9.88. The van der Waals surface area contributed by atoms with E-state index in [4.69, 9.17) is 9.47 Å². The number of pyridine rings is 1. The van der Waals surface area contributed by atoms with Crippen molar-refractivity contribution in [3.63, 3.8) is 0 Å². The van der Waals surface area contributed by atoms with Crippen LogP contribution in [0.25, 0.3) is 10.9 Å². The number of Topliss-reactive ketones (excluding diaryl/α,β-unsaturated/α-hetero) is 2. The van der Waals surface area contributed by atoms with Gasteiger partial charge in [-0.05, 0) is 67.1 Å². The molecular weight excluding hydrogens is 504 g/mol. The van der Waals surface area contributed by atoms with Crippen LogP contribution < -0.4 is 9.47 Å². The number of amides is 1. The van der Waals surface area contributed by atoms with E-state index >= 15 is 0 Å². The summed E-state index contributed by atoms with van der Waals surface area (Å²) in [4.78, 5) is 44.5. The van der Waals surface area contributed by atoms with Crippen molar-refractivity contribution in [1.82, 2.24) is 9.88 Å². The lowest BCUT2D eigenvalue weighted by Gasteiger charge is -2.15. The van der Waals surface area contributed by atoms with Crippen molar-refractivity contribution in [3.05, 3.63) is 96.2 Å². The first kappa shape index (κ1) is 25.7. The fourth-order valence-corrected chi connectivity index (χ4v) is 5.26. The van der Waals surface area contributed by atoms with Gasteiger partial charge in [-0.25, -0.2) is 4.79 Å². The summed E-state index contributed by atoms with van der Waals surface area (Å²) in [5.74, 6) is 1.69. The smallest absolute Gasteiger partial charge is 0.415 e. The Morgan fingerprint density at radius 1 is 0.775 bits per heavy atom. The van der Waals surface area contributed by atoms with Gasteiger partial charge in [-0.3, -0.25) is 14.6 Å². The second-order valence-corrected chi connectivity index (χ2v) is 10.6. The first-order valence-electron chi connectivity index (χ1n) is 13.7. The van der Waals surface area contributed by atoms with Crippen LogP contribution >= 0.6 is 0 Å². The summed E-state index contributed by atoms with van der Waals surface area (Å²) < 4.78 is 11.7. The number of likely N-dealkylation sites (tertiary alicyclic amines) is 1. The van der Waals surface area contributed by atoms with Crippen molar-refractivity contribution in [2.75, 3.05) is 13.1 Å². The maximum absolute atomic E-state index is 13.1. The largest absolute Gasteiger partial charge is 0.457 e. The number of nitrogens with zero attached hydrogens (tertiary/aromatic N) is 2. The van der Waals surface area contributed by atoms with E-state index in [1.807, 2.05) is 60.7 Å². The monoisotopic (exact) mass is 534 g/mol. The maximum atomic E-state index is 13.1. The summed E-state index contributed by atoms with van der Waals surface area (Å²) in [7, 11) is 0. The number of hydrogen-bond donors (Lipinski definition) is 0. The SMILES string of the molecule is O=C(Oc1ccc2c(Oc3ccc(CC(=O)C4(C(=O)Cc5ccccc5)CC4)cc3)ccnc2c1)N1CCCC1. The van der Waals surface area contributed by atoms with Crippen LogP contribution in [-0.2, 0) is 22.4 Å². The van der Waals surface area contributed by atoms with Crippen LogP contribution in [0, 0.1) is 5.41 Å². The summed E-state index contributed by atoms with van der Waals surface area (Å²) >= 11 is 0. The van der Waals surface area contributed by atoms with Gasteiger partial charge >= 0.3 is 6.09 Å². The lowest BCUT2D eigenvalue weighted by molar-refractivity contribution is -0.133. The molecule has 0 bridgehead atoms. The molecule has 1 aliphatic heterocycles. The fraction of sp³-hybridized carbons (Fsp3) is 0.273. The molecule has 1 saturated heterocycles. The number of carbonyl (C=O) groups excluding carboxylic acids is 3. The van der Waals surface area contributed by atoms with Gasteiger partial charge in [-0.15, -0.1) is 0 Å². The van der Waals surface area contributed by atoms with Gasteiger partial charge in [0.25, 0.3) is 0 Å². The molecule has 1 aromatic heterocycles. The molecular formula is C33H30N2O5. The molecule has 6 rings (SSSR count). The predicted octanol–water partition coefficient (Wildman–Crippen LogP) is 6.33. The highest BCUT2D eigenvalue weighted by Crippen LogP contribution is 2.48. The van der Waals surface area contributed by atoms with E-state index in [0.717, 1.165) is 42.4 Å². The maximum Gasteiger partial charge on any atom is 0.415 e. The molecule has 0 atom stereocenters. The Morgan fingerprint density at radius 3 is 2.10 bits per heavy atom. The average molecular weight is 535 g/mol. The molecule has 1 saturated carbocycles. The lowest BCUT2D eigenvalue weighted by Crippen LogP contribution is -2.30. The van der Waals surface area contributed by atoms with E-state index in [-0.39, 0.29) is 24.1 Å². The number of carbonyl (C=O) groups is 3. The number of aromatic nitrogens is 1. The zero-order chi connectivity index (χ0) is 27.5. The molecule has 0 unspecified atom stereocenters. The van der Waals surface area contributed by atoms with E-state index in [9.17, 15) is 14.4 Å². The second-order valence-electron chi connectivity index (χ2n) is 10.6.